The summed E-state index contributed by atoms with van der Waals surface area (Å²) in [5, 5.41) is 11.7. The van der Waals surface area contributed by atoms with Gasteiger partial charge < -0.3 is 20.9 Å². The Bertz CT molecular complexity index is 519. The summed E-state index contributed by atoms with van der Waals surface area (Å²) in [6, 6.07) is 2.60. The molecule has 0 heterocycles. The van der Waals surface area contributed by atoms with E-state index in [9.17, 15) is 9.59 Å². The topological polar surface area (TPSA) is 102 Å². The minimum absolute atomic E-state index is 0.0891. The fraction of sp³-hybridized carbons (Fsp3) is 0.385. The molecule has 7 heteroatoms. The lowest BCUT2D eigenvalue weighted by molar-refractivity contribution is -0.137. The second kappa shape index (κ2) is 7.12. The number of rotatable bonds is 6. The zero-order valence-corrected chi connectivity index (χ0v) is 12.0. The van der Waals surface area contributed by atoms with Gasteiger partial charge in [-0.15, -0.1) is 0 Å². The number of nitrogens with one attached hydrogen (secondary N) is 1. The maximum Gasteiger partial charge on any atom is 0.303 e. The van der Waals surface area contributed by atoms with Gasteiger partial charge in [0.1, 0.15) is 5.75 Å². The molecule has 20 heavy (non-hydrogen) atoms. The van der Waals surface area contributed by atoms with E-state index in [1.807, 2.05) is 0 Å². The van der Waals surface area contributed by atoms with Crippen LogP contribution < -0.4 is 15.8 Å². The van der Waals surface area contributed by atoms with Crippen molar-refractivity contribution in [1.29, 1.82) is 0 Å². The van der Waals surface area contributed by atoms with Crippen molar-refractivity contribution >= 4 is 29.2 Å². The molecule has 110 valence electrons. The van der Waals surface area contributed by atoms with Crippen LogP contribution in [0, 0.1) is 0 Å². The summed E-state index contributed by atoms with van der Waals surface area (Å²) in [5.74, 6) is -0.817. The van der Waals surface area contributed by atoms with E-state index >= 15 is 0 Å². The molecule has 1 aromatic rings. The van der Waals surface area contributed by atoms with Gasteiger partial charge in [-0.3, -0.25) is 9.59 Å². The molecule has 4 N–H and O–H groups in total. The minimum Gasteiger partial charge on any atom is -0.495 e. The number of ether oxygens (including phenoxy) is 1. The van der Waals surface area contributed by atoms with Crippen molar-refractivity contribution in [3.8, 4) is 5.75 Å². The van der Waals surface area contributed by atoms with E-state index in [4.69, 9.17) is 27.2 Å². The largest absolute Gasteiger partial charge is 0.495 e. The standard InChI is InChI=1S/C13H17ClN2O4/c1-7(17)16-13-10(20-2)5-3-8(14)12(13)9(15)4-6-11(18)19/h3,5,9H,4,6,15H2,1-2H3,(H,16,17)(H,18,19). The number of carbonyl (C=O) groups excluding carboxylic acids is 1. The third-order valence-corrected chi connectivity index (χ3v) is 3.04. The Kier molecular flexibility index (Phi) is 5.79. The van der Waals surface area contributed by atoms with Crippen molar-refractivity contribution < 1.29 is 19.4 Å². The van der Waals surface area contributed by atoms with Crippen LogP contribution in [0.2, 0.25) is 5.02 Å². The van der Waals surface area contributed by atoms with E-state index in [2.05, 4.69) is 5.32 Å². The third kappa shape index (κ3) is 4.11. The van der Waals surface area contributed by atoms with Gasteiger partial charge in [0.15, 0.2) is 0 Å². The summed E-state index contributed by atoms with van der Waals surface area (Å²) < 4.78 is 5.17. The van der Waals surface area contributed by atoms with E-state index in [1.54, 1.807) is 12.1 Å². The molecular formula is C13H17ClN2O4. The summed E-state index contributed by atoms with van der Waals surface area (Å²) in [4.78, 5) is 21.9. The number of halogens is 1. The SMILES string of the molecule is COc1ccc(Cl)c(C(N)CCC(=O)O)c1NC(C)=O. The van der Waals surface area contributed by atoms with E-state index in [0.717, 1.165) is 0 Å². The van der Waals surface area contributed by atoms with Crippen LogP contribution in [0.1, 0.15) is 31.4 Å². The van der Waals surface area contributed by atoms with Crippen molar-refractivity contribution in [2.24, 2.45) is 5.73 Å². The highest BCUT2D eigenvalue weighted by molar-refractivity contribution is 6.32. The molecule has 6 nitrogen and oxygen atoms in total. The molecule has 0 saturated heterocycles. The lowest BCUT2D eigenvalue weighted by atomic mass is 10.00. The highest BCUT2D eigenvalue weighted by Crippen LogP contribution is 2.38. The maximum absolute atomic E-state index is 11.3. The van der Waals surface area contributed by atoms with Crippen LogP contribution in [0.5, 0.6) is 5.75 Å². The quantitative estimate of drug-likeness (QED) is 0.747. The van der Waals surface area contributed by atoms with Crippen LogP contribution in [-0.2, 0) is 9.59 Å². The molecule has 0 aliphatic rings. The summed E-state index contributed by atoms with van der Waals surface area (Å²) in [7, 11) is 1.46. The molecule has 1 unspecified atom stereocenters. The van der Waals surface area contributed by atoms with Gasteiger partial charge in [-0.05, 0) is 18.6 Å². The number of methoxy groups -OCH3 is 1. The first kappa shape index (κ1) is 16.3. The van der Waals surface area contributed by atoms with Crippen LogP contribution in [0.4, 0.5) is 5.69 Å². The lowest BCUT2D eigenvalue weighted by Gasteiger charge is -2.20. The number of hydrogen-bond acceptors (Lipinski definition) is 4. The van der Waals surface area contributed by atoms with Gasteiger partial charge in [0.05, 0.1) is 12.8 Å². The summed E-state index contributed by atoms with van der Waals surface area (Å²) in [6.45, 7) is 1.35. The summed E-state index contributed by atoms with van der Waals surface area (Å²) in [6.07, 6.45) is 0.114. The number of nitrogens with two attached hydrogens (primary N) is 1. The van der Waals surface area contributed by atoms with Crippen molar-refractivity contribution in [3.05, 3.63) is 22.7 Å². The molecule has 0 aliphatic heterocycles. The van der Waals surface area contributed by atoms with Crippen LogP contribution in [0.25, 0.3) is 0 Å². The van der Waals surface area contributed by atoms with E-state index in [0.29, 0.717) is 22.0 Å². The fourth-order valence-corrected chi connectivity index (χ4v) is 2.13. The Morgan fingerprint density at radius 1 is 1.50 bits per heavy atom. The number of carboxylic acids is 1. The molecule has 1 atom stereocenters. The average Bonchev–Trinajstić information content (AvgIpc) is 2.36. The predicted octanol–water partition coefficient (Wildman–Crippen LogP) is 2.17. The monoisotopic (exact) mass is 300 g/mol. The van der Waals surface area contributed by atoms with Crippen LogP contribution >= 0.6 is 11.6 Å². The highest BCUT2D eigenvalue weighted by Gasteiger charge is 2.20. The zero-order valence-electron chi connectivity index (χ0n) is 11.3. The molecule has 1 rings (SSSR count). The van der Waals surface area contributed by atoms with Gasteiger partial charge in [-0.2, -0.15) is 0 Å². The van der Waals surface area contributed by atoms with Crippen molar-refractivity contribution in [2.75, 3.05) is 12.4 Å². The Hall–Kier alpha value is -1.79. The van der Waals surface area contributed by atoms with Crippen molar-refractivity contribution in [1.82, 2.24) is 0 Å². The van der Waals surface area contributed by atoms with E-state index in [-0.39, 0.29) is 18.7 Å². The third-order valence-electron chi connectivity index (χ3n) is 2.72. The van der Waals surface area contributed by atoms with Gasteiger partial charge >= 0.3 is 5.97 Å². The zero-order chi connectivity index (χ0) is 15.3. The number of carbonyl (C=O) groups is 2. The first-order chi connectivity index (χ1) is 9.36. The average molecular weight is 301 g/mol. The number of amides is 1. The van der Waals surface area contributed by atoms with Crippen LogP contribution in [-0.4, -0.2) is 24.1 Å². The smallest absolute Gasteiger partial charge is 0.303 e. The number of aliphatic carboxylic acids is 1. The van der Waals surface area contributed by atoms with E-state index < -0.39 is 12.0 Å². The molecule has 0 radical (unpaired) electrons. The number of hydrogen-bond donors (Lipinski definition) is 3. The number of carboxylic acid groups (broad SMARTS) is 1. The Labute approximate surface area is 121 Å². The van der Waals surface area contributed by atoms with Crippen LogP contribution in [0.15, 0.2) is 12.1 Å². The normalized spacial score (nSPS) is 11.8. The molecule has 1 aromatic carbocycles. The summed E-state index contributed by atoms with van der Waals surface area (Å²) in [5.41, 5.74) is 6.84. The number of benzene rings is 1. The van der Waals surface area contributed by atoms with Gasteiger partial charge in [0, 0.05) is 30.0 Å². The lowest BCUT2D eigenvalue weighted by Crippen LogP contribution is -2.17. The highest BCUT2D eigenvalue weighted by atomic mass is 35.5. The Morgan fingerprint density at radius 2 is 2.15 bits per heavy atom. The van der Waals surface area contributed by atoms with Gasteiger partial charge in [0.2, 0.25) is 5.91 Å². The van der Waals surface area contributed by atoms with Gasteiger partial charge in [-0.25, -0.2) is 0 Å². The molecule has 1 amide bonds. The molecule has 0 spiro atoms. The Morgan fingerprint density at radius 3 is 2.65 bits per heavy atom. The summed E-state index contributed by atoms with van der Waals surface area (Å²) >= 11 is 6.12. The second-order valence-electron chi connectivity index (χ2n) is 4.26. The van der Waals surface area contributed by atoms with Crippen LogP contribution in [0.3, 0.4) is 0 Å². The molecule has 0 saturated carbocycles. The molecular weight excluding hydrogens is 284 g/mol. The predicted molar refractivity (Wildman–Crippen MR) is 76.1 cm³/mol. The Balaban J connectivity index is 3.19. The molecule has 0 bridgehead atoms. The fourth-order valence-electron chi connectivity index (χ4n) is 1.83. The van der Waals surface area contributed by atoms with Crippen molar-refractivity contribution in [2.45, 2.75) is 25.8 Å². The maximum atomic E-state index is 11.3. The number of anilines is 1. The molecule has 0 aromatic heterocycles. The minimum atomic E-state index is -0.944. The van der Waals surface area contributed by atoms with Gasteiger partial charge in [-0.1, -0.05) is 11.6 Å². The van der Waals surface area contributed by atoms with Gasteiger partial charge in [0.25, 0.3) is 0 Å². The molecule has 0 fully saturated rings. The first-order valence-electron chi connectivity index (χ1n) is 5.98. The second-order valence-corrected chi connectivity index (χ2v) is 4.67. The van der Waals surface area contributed by atoms with E-state index in [1.165, 1.54) is 14.0 Å². The molecule has 0 aliphatic carbocycles. The van der Waals surface area contributed by atoms with Crippen molar-refractivity contribution in [3.63, 3.8) is 0 Å². The first-order valence-corrected chi connectivity index (χ1v) is 6.36.